The molecule has 0 aliphatic rings. The number of carbonyl (C=O) groups excluding carboxylic acids is 1. The van der Waals surface area contributed by atoms with E-state index in [0.29, 0.717) is 35.2 Å². The number of carbonyl (C=O) groups is 1. The van der Waals surface area contributed by atoms with Crippen molar-refractivity contribution in [3.8, 4) is 11.5 Å². The van der Waals surface area contributed by atoms with Gasteiger partial charge in [0, 0.05) is 11.4 Å². The Hall–Kier alpha value is -2.24. The molecule has 7 heteroatoms. The Morgan fingerprint density at radius 2 is 2.08 bits per heavy atom. The van der Waals surface area contributed by atoms with Crippen molar-refractivity contribution in [2.24, 2.45) is 5.10 Å². The molecular formula is C18H18Cl2N2O3. The number of halogens is 2. The summed E-state index contributed by atoms with van der Waals surface area (Å²) in [7, 11) is 1.59. The molecule has 0 unspecified atom stereocenters. The van der Waals surface area contributed by atoms with Gasteiger partial charge in [0.05, 0.1) is 25.0 Å². The van der Waals surface area contributed by atoms with Gasteiger partial charge in [-0.15, -0.1) is 0 Å². The molecule has 1 amide bonds. The van der Waals surface area contributed by atoms with Gasteiger partial charge in [-0.25, -0.2) is 5.43 Å². The van der Waals surface area contributed by atoms with Gasteiger partial charge in [-0.3, -0.25) is 4.79 Å². The van der Waals surface area contributed by atoms with Crippen LogP contribution in [-0.2, 0) is 4.79 Å². The highest BCUT2D eigenvalue weighted by Crippen LogP contribution is 2.27. The van der Waals surface area contributed by atoms with E-state index in [1.807, 2.05) is 24.3 Å². The van der Waals surface area contributed by atoms with Crippen molar-refractivity contribution >= 4 is 35.3 Å². The van der Waals surface area contributed by atoms with Gasteiger partial charge >= 0.3 is 0 Å². The van der Waals surface area contributed by atoms with Crippen LogP contribution in [0.5, 0.6) is 11.5 Å². The quantitative estimate of drug-likeness (QED) is 0.421. The summed E-state index contributed by atoms with van der Waals surface area (Å²) >= 11 is 11.8. The summed E-state index contributed by atoms with van der Waals surface area (Å²) in [5.41, 5.74) is 3.31. The summed E-state index contributed by atoms with van der Waals surface area (Å²) in [4.78, 5) is 11.7. The lowest BCUT2D eigenvalue weighted by Crippen LogP contribution is -2.18. The molecule has 0 radical (unpaired) electrons. The van der Waals surface area contributed by atoms with Crippen LogP contribution in [0.4, 0.5) is 0 Å². The van der Waals surface area contributed by atoms with Crippen LogP contribution in [0, 0.1) is 0 Å². The van der Waals surface area contributed by atoms with Crippen LogP contribution in [0.25, 0.3) is 0 Å². The first-order chi connectivity index (χ1) is 12.1. The molecule has 0 spiro atoms. The second kappa shape index (κ2) is 9.91. The van der Waals surface area contributed by atoms with Crippen LogP contribution >= 0.6 is 23.2 Å². The molecule has 1 N–H and O–H groups in total. The third-order valence-electron chi connectivity index (χ3n) is 3.20. The van der Waals surface area contributed by atoms with E-state index in [0.717, 1.165) is 11.3 Å². The van der Waals surface area contributed by atoms with Crippen molar-refractivity contribution in [1.29, 1.82) is 0 Å². The van der Waals surface area contributed by atoms with E-state index in [4.69, 9.17) is 32.7 Å². The minimum atomic E-state index is -0.190. The highest BCUT2D eigenvalue weighted by atomic mass is 35.5. The first-order valence-corrected chi connectivity index (χ1v) is 8.38. The van der Waals surface area contributed by atoms with Gasteiger partial charge in [0.2, 0.25) is 5.91 Å². The van der Waals surface area contributed by atoms with Gasteiger partial charge in [-0.2, -0.15) is 5.10 Å². The van der Waals surface area contributed by atoms with Crippen LogP contribution in [0.1, 0.15) is 18.4 Å². The second-order valence-electron chi connectivity index (χ2n) is 5.10. The van der Waals surface area contributed by atoms with Crippen molar-refractivity contribution in [1.82, 2.24) is 5.43 Å². The van der Waals surface area contributed by atoms with Crippen LogP contribution in [0.2, 0.25) is 10.0 Å². The number of nitrogens with one attached hydrogen (secondary N) is 1. The largest absolute Gasteiger partial charge is 0.497 e. The van der Waals surface area contributed by atoms with E-state index in [1.165, 1.54) is 0 Å². The first kappa shape index (κ1) is 19.1. The molecule has 0 aliphatic heterocycles. The predicted molar refractivity (Wildman–Crippen MR) is 99.9 cm³/mol. The lowest BCUT2D eigenvalue weighted by molar-refractivity contribution is -0.121. The molecule has 2 aromatic carbocycles. The monoisotopic (exact) mass is 380 g/mol. The Kier molecular flexibility index (Phi) is 7.57. The zero-order valence-electron chi connectivity index (χ0n) is 13.7. The van der Waals surface area contributed by atoms with Gasteiger partial charge < -0.3 is 9.47 Å². The highest BCUT2D eigenvalue weighted by Gasteiger charge is 2.04. The molecule has 25 heavy (non-hydrogen) atoms. The van der Waals surface area contributed by atoms with Gasteiger partial charge in [0.25, 0.3) is 0 Å². The molecule has 0 bridgehead atoms. The minimum absolute atomic E-state index is 0.190. The summed E-state index contributed by atoms with van der Waals surface area (Å²) in [5, 5.41) is 4.91. The topological polar surface area (TPSA) is 59.9 Å². The van der Waals surface area contributed by atoms with E-state index in [9.17, 15) is 4.79 Å². The maximum atomic E-state index is 11.7. The van der Waals surface area contributed by atoms with Crippen molar-refractivity contribution in [2.45, 2.75) is 12.8 Å². The number of hydrogen-bond acceptors (Lipinski definition) is 4. The molecule has 0 fully saturated rings. The number of benzene rings is 2. The molecular weight excluding hydrogens is 363 g/mol. The third kappa shape index (κ3) is 6.64. The zero-order valence-corrected chi connectivity index (χ0v) is 15.2. The van der Waals surface area contributed by atoms with Gasteiger partial charge in [-0.1, -0.05) is 35.3 Å². The number of methoxy groups -OCH3 is 1. The molecule has 0 saturated heterocycles. The standard InChI is InChI=1S/C18H18Cl2N2O3/c1-24-15-5-2-4-13(10-15)12-21-22-18(23)6-3-9-25-17-8-7-14(19)11-16(17)20/h2,4-5,7-8,10-12H,3,6,9H2,1H3,(H,22,23). The molecule has 0 aromatic heterocycles. The molecule has 2 aromatic rings. The number of ether oxygens (including phenoxy) is 2. The normalized spacial score (nSPS) is 10.7. The molecule has 0 heterocycles. The Bertz CT molecular complexity index is 751. The van der Waals surface area contributed by atoms with Crippen molar-refractivity contribution in [2.75, 3.05) is 13.7 Å². The van der Waals surface area contributed by atoms with Gasteiger partial charge in [-0.05, 0) is 42.3 Å². The Labute approximate surface area is 156 Å². The summed E-state index contributed by atoms with van der Waals surface area (Å²) in [6.07, 6.45) is 2.39. The van der Waals surface area contributed by atoms with E-state index < -0.39 is 0 Å². The average molecular weight is 381 g/mol. The van der Waals surface area contributed by atoms with Crippen LogP contribution < -0.4 is 14.9 Å². The fraction of sp³-hybridized carbons (Fsp3) is 0.222. The van der Waals surface area contributed by atoms with Crippen LogP contribution in [-0.4, -0.2) is 25.8 Å². The molecule has 0 atom stereocenters. The lowest BCUT2D eigenvalue weighted by atomic mass is 10.2. The molecule has 5 nitrogen and oxygen atoms in total. The fourth-order valence-electron chi connectivity index (χ4n) is 1.96. The number of nitrogens with zero attached hydrogens (tertiary/aromatic N) is 1. The summed E-state index contributed by atoms with van der Waals surface area (Å²) < 4.78 is 10.6. The summed E-state index contributed by atoms with van der Waals surface area (Å²) in [5.74, 6) is 1.08. The first-order valence-electron chi connectivity index (χ1n) is 7.62. The van der Waals surface area contributed by atoms with Gasteiger partial charge in [0.15, 0.2) is 0 Å². The molecule has 0 aliphatic carbocycles. The van der Waals surface area contributed by atoms with Crippen molar-refractivity contribution < 1.29 is 14.3 Å². The molecule has 2 rings (SSSR count). The number of rotatable bonds is 8. The Balaban J connectivity index is 1.69. The van der Waals surface area contributed by atoms with Crippen LogP contribution in [0.3, 0.4) is 0 Å². The fourth-order valence-corrected chi connectivity index (χ4v) is 2.43. The van der Waals surface area contributed by atoms with Crippen LogP contribution in [0.15, 0.2) is 47.6 Å². The Morgan fingerprint density at radius 3 is 2.84 bits per heavy atom. The highest BCUT2D eigenvalue weighted by molar-refractivity contribution is 6.35. The number of amides is 1. The number of hydrazone groups is 1. The SMILES string of the molecule is COc1cccc(C=NNC(=O)CCCOc2ccc(Cl)cc2Cl)c1. The maximum Gasteiger partial charge on any atom is 0.240 e. The van der Waals surface area contributed by atoms with E-state index in [-0.39, 0.29) is 5.91 Å². The third-order valence-corrected chi connectivity index (χ3v) is 3.73. The van der Waals surface area contributed by atoms with E-state index >= 15 is 0 Å². The predicted octanol–water partition coefficient (Wildman–Crippen LogP) is 4.31. The summed E-state index contributed by atoms with van der Waals surface area (Å²) in [6.45, 7) is 0.369. The van der Waals surface area contributed by atoms with E-state index in [2.05, 4.69) is 10.5 Å². The maximum absolute atomic E-state index is 11.7. The second-order valence-corrected chi connectivity index (χ2v) is 5.94. The summed E-state index contributed by atoms with van der Waals surface area (Å²) in [6, 6.07) is 12.4. The van der Waals surface area contributed by atoms with E-state index in [1.54, 1.807) is 31.5 Å². The minimum Gasteiger partial charge on any atom is -0.497 e. The average Bonchev–Trinajstić information content (AvgIpc) is 2.60. The lowest BCUT2D eigenvalue weighted by Gasteiger charge is -2.07. The van der Waals surface area contributed by atoms with Gasteiger partial charge in [0.1, 0.15) is 11.5 Å². The molecule has 0 saturated carbocycles. The Morgan fingerprint density at radius 1 is 1.24 bits per heavy atom. The molecule has 132 valence electrons. The zero-order chi connectivity index (χ0) is 18.1. The van der Waals surface area contributed by atoms with Crippen molar-refractivity contribution in [3.05, 3.63) is 58.1 Å². The number of hydrogen-bond donors (Lipinski definition) is 1. The van der Waals surface area contributed by atoms with Crippen molar-refractivity contribution in [3.63, 3.8) is 0 Å². The smallest absolute Gasteiger partial charge is 0.240 e.